The molecule has 2 aromatic rings. The molecule has 0 fully saturated rings. The Hall–Kier alpha value is -1.46. The standard InChI is InChI=1S/C14H12ClF2NOS/c15-10-1-6-13(19)9(7-10)8-18-11-2-4-12(5-3-11)20-14(16)17/h1-7,14,18-19H,8H2. The van der Waals surface area contributed by atoms with E-state index in [0.29, 0.717) is 33.8 Å². The third kappa shape index (κ3) is 4.28. The summed E-state index contributed by atoms with van der Waals surface area (Å²) in [5.41, 5.74) is 1.45. The van der Waals surface area contributed by atoms with Gasteiger partial charge in [-0.05, 0) is 42.5 Å². The molecule has 0 radical (unpaired) electrons. The number of phenols is 1. The zero-order chi connectivity index (χ0) is 14.5. The van der Waals surface area contributed by atoms with Gasteiger partial charge in [-0.3, -0.25) is 0 Å². The minimum atomic E-state index is -2.42. The maximum atomic E-state index is 12.2. The van der Waals surface area contributed by atoms with Crippen LogP contribution in [0.5, 0.6) is 5.75 Å². The highest BCUT2D eigenvalue weighted by Crippen LogP contribution is 2.27. The van der Waals surface area contributed by atoms with Gasteiger partial charge in [-0.1, -0.05) is 23.4 Å². The third-order valence-electron chi connectivity index (χ3n) is 2.60. The molecule has 0 saturated carbocycles. The summed E-state index contributed by atoms with van der Waals surface area (Å²) < 4.78 is 24.4. The Morgan fingerprint density at radius 2 is 1.85 bits per heavy atom. The number of anilines is 1. The topological polar surface area (TPSA) is 32.3 Å². The number of nitrogens with one attached hydrogen (secondary N) is 1. The van der Waals surface area contributed by atoms with E-state index in [9.17, 15) is 13.9 Å². The highest BCUT2D eigenvalue weighted by atomic mass is 35.5. The van der Waals surface area contributed by atoms with Gasteiger partial charge in [-0.25, -0.2) is 0 Å². The lowest BCUT2D eigenvalue weighted by atomic mass is 10.2. The van der Waals surface area contributed by atoms with E-state index in [4.69, 9.17) is 11.6 Å². The number of halogens is 3. The van der Waals surface area contributed by atoms with Crippen molar-refractivity contribution >= 4 is 29.1 Å². The van der Waals surface area contributed by atoms with Crippen LogP contribution in [0.3, 0.4) is 0 Å². The molecule has 2 rings (SSSR count). The highest BCUT2D eigenvalue weighted by Gasteiger charge is 2.05. The molecular formula is C14H12ClF2NOS. The quantitative estimate of drug-likeness (QED) is 0.764. The zero-order valence-corrected chi connectivity index (χ0v) is 11.9. The minimum absolute atomic E-state index is 0.159. The molecule has 106 valence electrons. The Morgan fingerprint density at radius 1 is 1.15 bits per heavy atom. The van der Waals surface area contributed by atoms with Crippen LogP contribution in [0, 0.1) is 0 Å². The van der Waals surface area contributed by atoms with Crippen molar-refractivity contribution in [2.45, 2.75) is 17.2 Å². The zero-order valence-electron chi connectivity index (χ0n) is 10.3. The Bertz CT molecular complexity index is 578. The van der Waals surface area contributed by atoms with Gasteiger partial charge in [-0.2, -0.15) is 8.78 Å². The minimum Gasteiger partial charge on any atom is -0.508 e. The summed E-state index contributed by atoms with van der Waals surface area (Å²) in [7, 11) is 0. The first kappa shape index (κ1) is 14.9. The van der Waals surface area contributed by atoms with Gasteiger partial charge in [0.25, 0.3) is 5.76 Å². The predicted molar refractivity (Wildman–Crippen MR) is 78.7 cm³/mol. The van der Waals surface area contributed by atoms with Gasteiger partial charge in [0.15, 0.2) is 0 Å². The molecule has 0 spiro atoms. The van der Waals surface area contributed by atoms with Crippen molar-refractivity contribution in [3.05, 3.63) is 53.1 Å². The Labute approximate surface area is 124 Å². The van der Waals surface area contributed by atoms with E-state index in [1.807, 2.05) is 0 Å². The number of phenolic OH excluding ortho intramolecular Hbond substituents is 1. The van der Waals surface area contributed by atoms with Gasteiger partial charge in [0.1, 0.15) is 5.75 Å². The normalized spacial score (nSPS) is 10.8. The Balaban J connectivity index is 1.98. The molecule has 6 heteroatoms. The van der Waals surface area contributed by atoms with Crippen LogP contribution in [-0.4, -0.2) is 10.9 Å². The van der Waals surface area contributed by atoms with E-state index in [-0.39, 0.29) is 5.75 Å². The van der Waals surface area contributed by atoms with Gasteiger partial charge >= 0.3 is 0 Å². The maximum Gasteiger partial charge on any atom is 0.288 e. The van der Waals surface area contributed by atoms with Crippen LogP contribution in [0.25, 0.3) is 0 Å². The summed E-state index contributed by atoms with van der Waals surface area (Å²) in [5.74, 6) is -2.26. The average molecular weight is 316 g/mol. The van der Waals surface area contributed by atoms with E-state index < -0.39 is 5.76 Å². The van der Waals surface area contributed by atoms with Crippen LogP contribution in [0.2, 0.25) is 5.02 Å². The fraction of sp³-hybridized carbons (Fsp3) is 0.143. The SMILES string of the molecule is Oc1ccc(Cl)cc1CNc1ccc(SC(F)F)cc1. The molecule has 0 aliphatic carbocycles. The van der Waals surface area contributed by atoms with Crippen LogP contribution in [0.4, 0.5) is 14.5 Å². The number of hydrogen-bond acceptors (Lipinski definition) is 3. The number of alkyl halides is 2. The second kappa shape index (κ2) is 6.81. The van der Waals surface area contributed by atoms with Gasteiger partial charge in [0.2, 0.25) is 0 Å². The summed E-state index contributed by atoms with van der Waals surface area (Å²) in [6.07, 6.45) is 0. The van der Waals surface area contributed by atoms with Gasteiger partial charge in [0, 0.05) is 27.7 Å². The molecule has 0 heterocycles. The predicted octanol–water partition coefficient (Wildman–Crippen LogP) is 4.97. The number of rotatable bonds is 5. The summed E-state index contributed by atoms with van der Waals surface area (Å²) in [5, 5.41) is 13.3. The van der Waals surface area contributed by atoms with Crippen molar-refractivity contribution in [1.29, 1.82) is 0 Å². The highest BCUT2D eigenvalue weighted by molar-refractivity contribution is 7.99. The van der Waals surface area contributed by atoms with Crippen molar-refractivity contribution in [3.8, 4) is 5.75 Å². The average Bonchev–Trinajstić information content (AvgIpc) is 2.41. The maximum absolute atomic E-state index is 12.2. The van der Waals surface area contributed by atoms with Crippen LogP contribution in [-0.2, 0) is 6.54 Å². The second-order valence-electron chi connectivity index (χ2n) is 4.03. The molecule has 0 amide bonds. The number of hydrogen-bond donors (Lipinski definition) is 2. The van der Waals surface area contributed by atoms with Gasteiger partial charge < -0.3 is 10.4 Å². The molecular weight excluding hydrogens is 304 g/mol. The van der Waals surface area contributed by atoms with Gasteiger partial charge in [0.05, 0.1) is 0 Å². The van der Waals surface area contributed by atoms with E-state index in [1.165, 1.54) is 6.07 Å². The molecule has 2 aromatic carbocycles. The largest absolute Gasteiger partial charge is 0.508 e. The van der Waals surface area contributed by atoms with Gasteiger partial charge in [-0.15, -0.1) is 0 Å². The van der Waals surface area contributed by atoms with Crippen molar-refractivity contribution in [2.75, 3.05) is 5.32 Å². The lowest BCUT2D eigenvalue weighted by Gasteiger charge is -2.09. The van der Waals surface area contributed by atoms with E-state index in [1.54, 1.807) is 36.4 Å². The van der Waals surface area contributed by atoms with Crippen molar-refractivity contribution in [2.24, 2.45) is 0 Å². The molecule has 0 aromatic heterocycles. The number of benzene rings is 2. The first-order valence-corrected chi connectivity index (χ1v) is 7.06. The third-order valence-corrected chi connectivity index (χ3v) is 3.56. The van der Waals surface area contributed by atoms with E-state index in [0.717, 1.165) is 5.69 Å². The number of thioether (sulfide) groups is 1. The first-order chi connectivity index (χ1) is 9.54. The van der Waals surface area contributed by atoms with Crippen LogP contribution >= 0.6 is 23.4 Å². The summed E-state index contributed by atoms with van der Waals surface area (Å²) in [6.45, 7) is 0.397. The Morgan fingerprint density at radius 3 is 2.50 bits per heavy atom. The smallest absolute Gasteiger partial charge is 0.288 e. The molecule has 0 atom stereocenters. The fourth-order valence-electron chi connectivity index (χ4n) is 1.65. The number of aromatic hydroxyl groups is 1. The lowest BCUT2D eigenvalue weighted by Crippen LogP contribution is -1.99. The molecule has 20 heavy (non-hydrogen) atoms. The molecule has 0 unspecified atom stereocenters. The van der Waals surface area contributed by atoms with Crippen molar-refractivity contribution in [1.82, 2.24) is 0 Å². The summed E-state index contributed by atoms with van der Waals surface area (Å²) in [4.78, 5) is 0.510. The summed E-state index contributed by atoms with van der Waals surface area (Å²) in [6, 6.07) is 11.5. The molecule has 0 saturated heterocycles. The van der Waals surface area contributed by atoms with Crippen molar-refractivity contribution < 1.29 is 13.9 Å². The molecule has 2 N–H and O–H groups in total. The van der Waals surface area contributed by atoms with Crippen molar-refractivity contribution in [3.63, 3.8) is 0 Å². The van der Waals surface area contributed by atoms with Crippen LogP contribution < -0.4 is 5.32 Å². The van der Waals surface area contributed by atoms with Crippen LogP contribution in [0.1, 0.15) is 5.56 Å². The molecule has 0 aliphatic heterocycles. The molecule has 0 bridgehead atoms. The monoisotopic (exact) mass is 315 g/mol. The molecule has 2 nitrogen and oxygen atoms in total. The Kier molecular flexibility index (Phi) is 5.09. The lowest BCUT2D eigenvalue weighted by molar-refractivity contribution is 0.252. The fourth-order valence-corrected chi connectivity index (χ4v) is 2.34. The first-order valence-electron chi connectivity index (χ1n) is 5.81. The van der Waals surface area contributed by atoms with E-state index >= 15 is 0 Å². The van der Waals surface area contributed by atoms with Crippen LogP contribution in [0.15, 0.2) is 47.4 Å². The van der Waals surface area contributed by atoms with E-state index in [2.05, 4.69) is 5.32 Å². The molecule has 0 aliphatic rings. The summed E-state index contributed by atoms with van der Waals surface area (Å²) >= 11 is 6.36. The second-order valence-corrected chi connectivity index (χ2v) is 5.53.